The molecule has 5 rings (SSSR count). The molecule has 2 fully saturated rings. The number of methoxy groups -OCH3 is 1. The molecule has 0 spiro atoms. The molecule has 1 aromatic heterocycles. The minimum atomic E-state index is 0.592. The maximum Gasteiger partial charge on any atom is 0.158 e. The number of anilines is 1. The van der Waals surface area contributed by atoms with Gasteiger partial charge in [0.1, 0.15) is 11.3 Å². The fraction of sp³-hybridized carbons (Fsp3) is 0.429. The molecule has 0 amide bonds. The van der Waals surface area contributed by atoms with Crippen molar-refractivity contribution in [2.45, 2.75) is 12.8 Å². The van der Waals surface area contributed by atoms with Crippen LogP contribution in [-0.2, 0) is 0 Å². The van der Waals surface area contributed by atoms with E-state index >= 15 is 0 Å². The Morgan fingerprint density at radius 3 is 2.68 bits per heavy atom. The Bertz CT molecular complexity index is 993. The standard InChI is InChI=1S/C21H23ClN4O2/c1-27-20-5-4-15(8-17(20)22)16-9-18-21(24-28-23-18)19(10-16)26-12-14(13-26)11-25-6-2-3-7-25/h4-5,8-10,14H,2-3,6-7,11-13H2,1H3. The molecule has 6 nitrogen and oxygen atoms in total. The van der Waals surface area contributed by atoms with Crippen LogP contribution in [0.2, 0.25) is 5.02 Å². The summed E-state index contributed by atoms with van der Waals surface area (Å²) in [6, 6.07) is 9.98. The van der Waals surface area contributed by atoms with Gasteiger partial charge in [-0.1, -0.05) is 17.7 Å². The number of aromatic nitrogens is 2. The monoisotopic (exact) mass is 398 g/mol. The van der Waals surface area contributed by atoms with Crippen LogP contribution in [0.3, 0.4) is 0 Å². The summed E-state index contributed by atoms with van der Waals surface area (Å²) in [7, 11) is 1.62. The lowest BCUT2D eigenvalue weighted by Gasteiger charge is -2.42. The molecule has 0 radical (unpaired) electrons. The second kappa shape index (κ2) is 7.26. The third-order valence-electron chi connectivity index (χ3n) is 5.84. The number of likely N-dealkylation sites (tertiary alicyclic amines) is 1. The van der Waals surface area contributed by atoms with E-state index in [9.17, 15) is 0 Å². The van der Waals surface area contributed by atoms with Gasteiger partial charge in [-0.3, -0.25) is 0 Å². The van der Waals surface area contributed by atoms with Gasteiger partial charge in [0.25, 0.3) is 0 Å². The summed E-state index contributed by atoms with van der Waals surface area (Å²) in [6.45, 7) is 5.80. The van der Waals surface area contributed by atoms with Crippen molar-refractivity contribution in [2.75, 3.05) is 44.7 Å². The topological polar surface area (TPSA) is 54.6 Å². The Kier molecular flexibility index (Phi) is 4.61. The first-order valence-corrected chi connectivity index (χ1v) is 10.2. The van der Waals surface area contributed by atoms with E-state index in [1.54, 1.807) is 7.11 Å². The van der Waals surface area contributed by atoms with E-state index in [4.69, 9.17) is 21.0 Å². The lowest BCUT2D eigenvalue weighted by molar-refractivity contribution is 0.247. The van der Waals surface area contributed by atoms with Crippen LogP contribution in [0.25, 0.3) is 22.2 Å². The molecule has 2 saturated heterocycles. The van der Waals surface area contributed by atoms with Gasteiger partial charge in [0.05, 0.1) is 17.8 Å². The van der Waals surface area contributed by atoms with E-state index in [0.29, 0.717) is 16.7 Å². The van der Waals surface area contributed by atoms with Crippen molar-refractivity contribution >= 4 is 28.3 Å². The maximum atomic E-state index is 6.33. The van der Waals surface area contributed by atoms with Crippen LogP contribution in [0.4, 0.5) is 5.69 Å². The molecule has 0 N–H and O–H groups in total. The SMILES string of the molecule is COc1ccc(-c2cc(N3CC(CN4CCCC4)C3)c3nonc3c2)cc1Cl. The van der Waals surface area contributed by atoms with Crippen molar-refractivity contribution in [3.8, 4) is 16.9 Å². The van der Waals surface area contributed by atoms with Crippen molar-refractivity contribution in [3.05, 3.63) is 35.4 Å². The van der Waals surface area contributed by atoms with Crippen LogP contribution in [0.1, 0.15) is 12.8 Å². The second-order valence-corrected chi connectivity index (χ2v) is 8.16. The molecular formula is C21H23ClN4O2. The molecule has 2 aliphatic rings. The molecule has 7 heteroatoms. The van der Waals surface area contributed by atoms with Crippen LogP contribution >= 0.6 is 11.6 Å². The first-order valence-electron chi connectivity index (χ1n) is 9.79. The van der Waals surface area contributed by atoms with Crippen LogP contribution in [0.5, 0.6) is 5.75 Å². The summed E-state index contributed by atoms with van der Waals surface area (Å²) < 4.78 is 10.3. The number of nitrogens with zero attached hydrogens (tertiary/aromatic N) is 4. The molecule has 2 aromatic carbocycles. The number of ether oxygens (including phenoxy) is 1. The molecular weight excluding hydrogens is 376 g/mol. The maximum absolute atomic E-state index is 6.33. The van der Waals surface area contributed by atoms with Gasteiger partial charge in [0.2, 0.25) is 0 Å². The number of hydrogen-bond donors (Lipinski definition) is 0. The Morgan fingerprint density at radius 2 is 1.93 bits per heavy atom. The molecule has 3 aromatic rings. The zero-order chi connectivity index (χ0) is 19.1. The van der Waals surface area contributed by atoms with E-state index in [0.717, 1.165) is 40.9 Å². The number of rotatable bonds is 5. The van der Waals surface area contributed by atoms with E-state index in [-0.39, 0.29) is 0 Å². The molecule has 0 aliphatic carbocycles. The van der Waals surface area contributed by atoms with E-state index < -0.39 is 0 Å². The smallest absolute Gasteiger partial charge is 0.158 e. The van der Waals surface area contributed by atoms with Crippen molar-refractivity contribution in [1.82, 2.24) is 15.2 Å². The lowest BCUT2D eigenvalue weighted by atomic mass is 9.96. The summed E-state index contributed by atoms with van der Waals surface area (Å²) in [6.07, 6.45) is 2.68. The lowest BCUT2D eigenvalue weighted by Crippen LogP contribution is -2.51. The Hall–Kier alpha value is -2.31. The Balaban J connectivity index is 1.41. The Morgan fingerprint density at radius 1 is 1.11 bits per heavy atom. The average molecular weight is 399 g/mol. The first-order chi connectivity index (χ1) is 13.7. The van der Waals surface area contributed by atoms with Crippen LogP contribution in [0.15, 0.2) is 35.0 Å². The fourth-order valence-corrected chi connectivity index (χ4v) is 4.60. The van der Waals surface area contributed by atoms with Gasteiger partial charge in [-0.15, -0.1) is 0 Å². The van der Waals surface area contributed by atoms with E-state index in [2.05, 4.69) is 26.2 Å². The fourth-order valence-electron chi connectivity index (χ4n) is 4.34. The highest BCUT2D eigenvalue weighted by atomic mass is 35.5. The molecule has 146 valence electrons. The molecule has 0 atom stereocenters. The van der Waals surface area contributed by atoms with Gasteiger partial charge < -0.3 is 14.5 Å². The van der Waals surface area contributed by atoms with Gasteiger partial charge in [0, 0.05) is 25.6 Å². The highest BCUT2D eigenvalue weighted by molar-refractivity contribution is 6.32. The molecule has 28 heavy (non-hydrogen) atoms. The molecule has 2 aliphatic heterocycles. The largest absolute Gasteiger partial charge is 0.495 e. The summed E-state index contributed by atoms with van der Waals surface area (Å²) in [5.74, 6) is 1.38. The van der Waals surface area contributed by atoms with Crippen LogP contribution < -0.4 is 9.64 Å². The van der Waals surface area contributed by atoms with Gasteiger partial charge in [-0.05, 0) is 71.6 Å². The quantitative estimate of drug-likeness (QED) is 0.645. The third-order valence-corrected chi connectivity index (χ3v) is 6.13. The number of hydrogen-bond acceptors (Lipinski definition) is 6. The third kappa shape index (κ3) is 3.20. The molecule has 0 bridgehead atoms. The van der Waals surface area contributed by atoms with Crippen molar-refractivity contribution in [3.63, 3.8) is 0 Å². The number of fused-ring (bicyclic) bond motifs is 1. The van der Waals surface area contributed by atoms with Crippen molar-refractivity contribution in [2.24, 2.45) is 5.92 Å². The van der Waals surface area contributed by atoms with Gasteiger partial charge in [0.15, 0.2) is 5.52 Å². The van der Waals surface area contributed by atoms with Crippen LogP contribution in [-0.4, -0.2) is 55.0 Å². The molecule has 3 heterocycles. The summed E-state index contributed by atoms with van der Waals surface area (Å²) in [4.78, 5) is 4.97. The normalized spacial score (nSPS) is 18.0. The first kappa shape index (κ1) is 17.8. The minimum absolute atomic E-state index is 0.592. The highest BCUT2D eigenvalue weighted by Crippen LogP contribution is 2.37. The van der Waals surface area contributed by atoms with Crippen molar-refractivity contribution < 1.29 is 9.37 Å². The van der Waals surface area contributed by atoms with Crippen LogP contribution in [0, 0.1) is 5.92 Å². The zero-order valence-electron chi connectivity index (χ0n) is 15.9. The molecule has 0 saturated carbocycles. The zero-order valence-corrected chi connectivity index (χ0v) is 16.7. The van der Waals surface area contributed by atoms with E-state index in [1.807, 2.05) is 24.3 Å². The predicted molar refractivity (Wildman–Crippen MR) is 110 cm³/mol. The predicted octanol–water partition coefficient (Wildman–Crippen LogP) is 4.08. The summed E-state index contributed by atoms with van der Waals surface area (Å²) in [5.41, 5.74) is 4.74. The highest BCUT2D eigenvalue weighted by Gasteiger charge is 2.31. The van der Waals surface area contributed by atoms with Gasteiger partial charge >= 0.3 is 0 Å². The second-order valence-electron chi connectivity index (χ2n) is 7.76. The summed E-state index contributed by atoms with van der Waals surface area (Å²) >= 11 is 6.33. The minimum Gasteiger partial charge on any atom is -0.495 e. The van der Waals surface area contributed by atoms with Gasteiger partial charge in [-0.2, -0.15) is 0 Å². The van der Waals surface area contributed by atoms with E-state index in [1.165, 1.54) is 32.5 Å². The number of benzene rings is 2. The molecule has 0 unspecified atom stereocenters. The average Bonchev–Trinajstić information content (AvgIpc) is 3.35. The summed E-state index contributed by atoms with van der Waals surface area (Å²) in [5, 5.41) is 8.82. The Labute approximate surface area is 169 Å². The van der Waals surface area contributed by atoms with Gasteiger partial charge in [-0.25, -0.2) is 4.63 Å². The van der Waals surface area contributed by atoms with Crippen molar-refractivity contribution in [1.29, 1.82) is 0 Å². The number of halogens is 1.